The first-order valence-corrected chi connectivity index (χ1v) is 11.3. The molecule has 1 aromatic heterocycles. The van der Waals surface area contributed by atoms with Crippen molar-refractivity contribution in [1.82, 2.24) is 0 Å². The number of hydrogen-bond donors (Lipinski definition) is 1. The first-order chi connectivity index (χ1) is 17.3. The molecular formula is C28H24N2O6. The molecule has 0 bridgehead atoms. The Morgan fingerprint density at radius 3 is 2.42 bits per heavy atom. The van der Waals surface area contributed by atoms with Gasteiger partial charge in [0, 0.05) is 11.8 Å². The lowest BCUT2D eigenvalue weighted by Gasteiger charge is -2.25. The average Bonchev–Trinajstić information content (AvgIpc) is 3.16. The lowest BCUT2D eigenvalue weighted by molar-refractivity contribution is -0.119. The van der Waals surface area contributed by atoms with Crippen molar-refractivity contribution in [3.8, 4) is 11.5 Å². The van der Waals surface area contributed by atoms with Crippen molar-refractivity contribution in [2.45, 2.75) is 19.9 Å². The third-order valence-electron chi connectivity index (χ3n) is 6.39. The summed E-state index contributed by atoms with van der Waals surface area (Å²) < 4.78 is 16.8. The highest BCUT2D eigenvalue weighted by Gasteiger charge is 2.43. The highest BCUT2D eigenvalue weighted by molar-refractivity contribution is 6.10. The van der Waals surface area contributed by atoms with E-state index in [-0.39, 0.29) is 23.4 Å². The fourth-order valence-corrected chi connectivity index (χ4v) is 4.47. The Balaban J connectivity index is 1.71. The Morgan fingerprint density at radius 2 is 1.72 bits per heavy atom. The number of nitrogens with two attached hydrogens (primary N) is 1. The summed E-state index contributed by atoms with van der Waals surface area (Å²) in [5, 5.41) is 0.420. The Bertz CT molecular complexity index is 1570. The van der Waals surface area contributed by atoms with Gasteiger partial charge in [-0.25, -0.2) is 0 Å². The van der Waals surface area contributed by atoms with Gasteiger partial charge in [-0.3, -0.25) is 19.3 Å². The Morgan fingerprint density at radius 1 is 1.00 bits per heavy atom. The second-order valence-corrected chi connectivity index (χ2v) is 8.71. The van der Waals surface area contributed by atoms with Gasteiger partial charge < -0.3 is 19.6 Å². The maximum absolute atomic E-state index is 13.8. The van der Waals surface area contributed by atoms with Gasteiger partial charge in [0.2, 0.25) is 5.76 Å². The number of benzene rings is 3. The van der Waals surface area contributed by atoms with E-state index in [1.807, 2.05) is 13.8 Å². The number of amides is 2. The second-order valence-electron chi connectivity index (χ2n) is 8.71. The predicted molar refractivity (Wildman–Crippen MR) is 135 cm³/mol. The van der Waals surface area contributed by atoms with Crippen LogP contribution in [0.15, 0.2) is 69.9 Å². The summed E-state index contributed by atoms with van der Waals surface area (Å²) in [5.41, 5.74) is 8.69. The lowest BCUT2D eigenvalue weighted by Crippen LogP contribution is -2.29. The van der Waals surface area contributed by atoms with Gasteiger partial charge in [-0.1, -0.05) is 18.2 Å². The number of rotatable bonds is 6. The number of hydrogen-bond acceptors (Lipinski definition) is 6. The van der Waals surface area contributed by atoms with Gasteiger partial charge in [-0.05, 0) is 66.9 Å². The number of carbonyl (C=O) groups excluding carboxylic acids is 2. The Hall–Kier alpha value is -4.59. The van der Waals surface area contributed by atoms with Crippen LogP contribution in [0.1, 0.15) is 38.9 Å². The topological polar surface area (TPSA) is 112 Å². The zero-order valence-corrected chi connectivity index (χ0v) is 20.0. The van der Waals surface area contributed by atoms with Crippen LogP contribution in [-0.4, -0.2) is 25.5 Å². The highest BCUT2D eigenvalue weighted by Crippen LogP contribution is 2.42. The molecule has 36 heavy (non-hydrogen) atoms. The summed E-state index contributed by atoms with van der Waals surface area (Å²) >= 11 is 0. The molecule has 0 radical (unpaired) electrons. The number of primary amides is 1. The molecule has 8 heteroatoms. The minimum absolute atomic E-state index is 0.0117. The summed E-state index contributed by atoms with van der Waals surface area (Å²) in [4.78, 5) is 40.2. The third kappa shape index (κ3) is 3.86. The first kappa shape index (κ1) is 23.2. The highest BCUT2D eigenvalue weighted by atomic mass is 16.5. The summed E-state index contributed by atoms with van der Waals surface area (Å²) in [6.45, 7) is 3.60. The van der Waals surface area contributed by atoms with Crippen molar-refractivity contribution >= 4 is 28.5 Å². The van der Waals surface area contributed by atoms with Crippen LogP contribution in [0.4, 0.5) is 5.69 Å². The molecule has 0 saturated heterocycles. The zero-order chi connectivity index (χ0) is 25.6. The van der Waals surface area contributed by atoms with Crippen molar-refractivity contribution in [2.75, 3.05) is 18.6 Å². The van der Waals surface area contributed by atoms with E-state index >= 15 is 0 Å². The van der Waals surface area contributed by atoms with E-state index in [0.717, 1.165) is 11.1 Å². The van der Waals surface area contributed by atoms with Gasteiger partial charge in [0.15, 0.2) is 12.0 Å². The maximum atomic E-state index is 13.8. The number of methoxy groups -OCH3 is 1. The molecule has 1 atom stereocenters. The van der Waals surface area contributed by atoms with Crippen LogP contribution < -0.4 is 25.5 Å². The molecule has 0 spiro atoms. The molecule has 8 nitrogen and oxygen atoms in total. The number of ether oxygens (including phenoxy) is 2. The van der Waals surface area contributed by atoms with E-state index in [1.165, 1.54) is 4.90 Å². The third-order valence-corrected chi connectivity index (χ3v) is 6.39. The van der Waals surface area contributed by atoms with Gasteiger partial charge in [0.05, 0.1) is 24.1 Å². The first-order valence-electron chi connectivity index (χ1n) is 11.3. The van der Waals surface area contributed by atoms with Gasteiger partial charge in [0.25, 0.3) is 11.8 Å². The number of carbonyl (C=O) groups is 2. The van der Waals surface area contributed by atoms with Crippen molar-refractivity contribution in [2.24, 2.45) is 5.73 Å². The molecule has 0 fully saturated rings. The number of nitrogens with zero attached hydrogens (tertiary/aromatic N) is 1. The maximum Gasteiger partial charge on any atom is 0.295 e. The van der Waals surface area contributed by atoms with Crippen LogP contribution in [-0.2, 0) is 4.79 Å². The quantitative estimate of drug-likeness (QED) is 0.442. The summed E-state index contributed by atoms with van der Waals surface area (Å²) in [7, 11) is 1.55. The van der Waals surface area contributed by atoms with Gasteiger partial charge in [-0.2, -0.15) is 0 Å². The van der Waals surface area contributed by atoms with E-state index in [1.54, 1.807) is 67.8 Å². The number of fused-ring (bicyclic) bond motifs is 2. The molecule has 1 aliphatic heterocycles. The monoisotopic (exact) mass is 484 g/mol. The molecular weight excluding hydrogens is 460 g/mol. The molecule has 1 unspecified atom stereocenters. The number of aryl methyl sites for hydroxylation is 2. The van der Waals surface area contributed by atoms with E-state index in [0.29, 0.717) is 33.7 Å². The van der Waals surface area contributed by atoms with E-state index in [4.69, 9.17) is 19.6 Å². The molecule has 2 amide bonds. The zero-order valence-electron chi connectivity index (χ0n) is 20.0. The standard InChI is InChI=1S/C28H24N2O6/c1-15-11-21-22(12-16(15)2)36-27-24(26(21)32)25(17-7-9-19(10-8-17)35-14-23(29)31)30(28(27)33)18-5-4-6-20(13-18)34-3/h4-13,25H,14H2,1-3H3,(H2,29,31). The van der Waals surface area contributed by atoms with Crippen LogP contribution >= 0.6 is 0 Å². The molecule has 0 saturated carbocycles. The average molecular weight is 485 g/mol. The predicted octanol–water partition coefficient (Wildman–Crippen LogP) is 4.03. The van der Waals surface area contributed by atoms with Crippen LogP contribution in [0, 0.1) is 13.8 Å². The molecule has 4 aromatic rings. The van der Waals surface area contributed by atoms with Gasteiger partial charge in [-0.15, -0.1) is 0 Å². The normalized spacial score (nSPS) is 14.7. The SMILES string of the molecule is COc1cccc(N2C(=O)c3oc4cc(C)c(C)cc4c(=O)c3C2c2ccc(OCC(N)=O)cc2)c1. The molecule has 182 valence electrons. The van der Waals surface area contributed by atoms with Crippen LogP contribution in [0.2, 0.25) is 0 Å². The molecule has 5 rings (SSSR count). The Kier molecular flexibility index (Phi) is 5.72. The molecule has 2 N–H and O–H groups in total. The van der Waals surface area contributed by atoms with Crippen molar-refractivity contribution in [3.63, 3.8) is 0 Å². The molecule has 1 aliphatic rings. The van der Waals surface area contributed by atoms with Crippen LogP contribution in [0.3, 0.4) is 0 Å². The van der Waals surface area contributed by atoms with E-state index < -0.39 is 17.9 Å². The van der Waals surface area contributed by atoms with Gasteiger partial charge >= 0.3 is 0 Å². The summed E-state index contributed by atoms with van der Waals surface area (Å²) in [6.07, 6.45) is 0. The Labute approximate surface area is 206 Å². The molecule has 3 aromatic carbocycles. The van der Waals surface area contributed by atoms with Crippen molar-refractivity contribution < 1.29 is 23.5 Å². The summed E-state index contributed by atoms with van der Waals surface area (Å²) in [5.74, 6) is 0.00773. The van der Waals surface area contributed by atoms with E-state index in [9.17, 15) is 14.4 Å². The van der Waals surface area contributed by atoms with E-state index in [2.05, 4.69) is 0 Å². The smallest absolute Gasteiger partial charge is 0.295 e. The second kappa shape index (κ2) is 8.88. The fraction of sp³-hybridized carbons (Fsp3) is 0.179. The number of anilines is 1. The van der Waals surface area contributed by atoms with Crippen molar-refractivity contribution in [3.05, 3.63) is 98.9 Å². The molecule has 0 aliphatic carbocycles. The minimum atomic E-state index is -0.743. The van der Waals surface area contributed by atoms with Crippen LogP contribution in [0.25, 0.3) is 11.0 Å². The molecule has 2 heterocycles. The summed E-state index contributed by atoms with van der Waals surface area (Å²) in [6, 6.07) is 16.7. The van der Waals surface area contributed by atoms with Crippen LogP contribution in [0.5, 0.6) is 11.5 Å². The minimum Gasteiger partial charge on any atom is -0.497 e. The fourth-order valence-electron chi connectivity index (χ4n) is 4.47. The van der Waals surface area contributed by atoms with Crippen molar-refractivity contribution in [1.29, 1.82) is 0 Å². The lowest BCUT2D eigenvalue weighted by atomic mass is 9.97. The van der Waals surface area contributed by atoms with Gasteiger partial charge in [0.1, 0.15) is 17.1 Å². The largest absolute Gasteiger partial charge is 0.497 e.